The summed E-state index contributed by atoms with van der Waals surface area (Å²) in [5.74, 6) is 0.0567. The third-order valence-electron chi connectivity index (χ3n) is 2.84. The summed E-state index contributed by atoms with van der Waals surface area (Å²) < 4.78 is 12.7. The average molecular weight is 422 g/mol. The summed E-state index contributed by atoms with van der Waals surface area (Å²) in [5, 5.41) is 8.74. The first-order chi connectivity index (χ1) is 10.2. The summed E-state index contributed by atoms with van der Waals surface area (Å²) >= 11 is 0. The number of aliphatic imine (C=N–C) groups is 1. The molecule has 0 heterocycles. The van der Waals surface area contributed by atoms with Crippen LogP contribution in [0.25, 0.3) is 0 Å². The zero-order valence-corrected chi connectivity index (χ0v) is 15.3. The van der Waals surface area contributed by atoms with Gasteiger partial charge < -0.3 is 16.0 Å². The van der Waals surface area contributed by atoms with E-state index < -0.39 is 0 Å². The Morgan fingerprint density at radius 3 is 2.45 bits per heavy atom. The highest BCUT2D eigenvalue weighted by atomic mass is 127. The lowest BCUT2D eigenvalue weighted by Gasteiger charge is -2.11. The maximum Gasteiger partial charge on any atom is 0.243 e. The maximum absolute atomic E-state index is 12.7. The summed E-state index contributed by atoms with van der Waals surface area (Å²) in [6.45, 7) is 3.07. The van der Waals surface area contributed by atoms with Crippen molar-refractivity contribution in [2.45, 2.75) is 26.2 Å². The van der Waals surface area contributed by atoms with Crippen LogP contribution in [-0.2, 0) is 4.79 Å². The molecule has 0 atom stereocenters. The molecular formula is C15H24FIN4O. The lowest BCUT2D eigenvalue weighted by molar-refractivity contribution is -0.115. The van der Waals surface area contributed by atoms with Crippen LogP contribution in [0, 0.1) is 5.82 Å². The van der Waals surface area contributed by atoms with Crippen LogP contribution in [0.3, 0.4) is 0 Å². The van der Waals surface area contributed by atoms with Gasteiger partial charge in [-0.25, -0.2) is 4.39 Å². The van der Waals surface area contributed by atoms with E-state index in [0.717, 1.165) is 25.8 Å². The minimum absolute atomic E-state index is 0. The van der Waals surface area contributed by atoms with E-state index in [1.165, 1.54) is 24.3 Å². The van der Waals surface area contributed by atoms with Crippen molar-refractivity contribution in [2.75, 3.05) is 25.5 Å². The van der Waals surface area contributed by atoms with E-state index in [1.54, 1.807) is 7.05 Å². The Balaban J connectivity index is 0.00000441. The molecule has 0 aromatic heterocycles. The van der Waals surface area contributed by atoms with Crippen LogP contribution in [0.4, 0.5) is 10.1 Å². The highest BCUT2D eigenvalue weighted by Crippen LogP contribution is 2.07. The van der Waals surface area contributed by atoms with Gasteiger partial charge in [0.2, 0.25) is 5.91 Å². The van der Waals surface area contributed by atoms with E-state index >= 15 is 0 Å². The molecule has 1 aromatic rings. The van der Waals surface area contributed by atoms with E-state index in [1.807, 2.05) is 0 Å². The minimum atomic E-state index is -0.331. The second kappa shape index (κ2) is 12.2. The number of hydrogen-bond donors (Lipinski definition) is 3. The van der Waals surface area contributed by atoms with Crippen LogP contribution in [0.1, 0.15) is 26.2 Å². The summed E-state index contributed by atoms with van der Waals surface area (Å²) in [5.41, 5.74) is 0.564. The molecule has 1 amide bonds. The van der Waals surface area contributed by atoms with Gasteiger partial charge in [0.05, 0.1) is 6.54 Å². The predicted octanol–water partition coefficient (Wildman–Crippen LogP) is 2.74. The van der Waals surface area contributed by atoms with E-state index in [0.29, 0.717) is 11.6 Å². The monoisotopic (exact) mass is 422 g/mol. The molecule has 0 aliphatic carbocycles. The summed E-state index contributed by atoms with van der Waals surface area (Å²) in [7, 11) is 1.66. The van der Waals surface area contributed by atoms with Crippen LogP contribution in [-0.4, -0.2) is 32.0 Å². The van der Waals surface area contributed by atoms with Gasteiger partial charge in [0.15, 0.2) is 5.96 Å². The number of nitrogens with one attached hydrogen (secondary N) is 3. The number of carbonyl (C=O) groups is 1. The summed E-state index contributed by atoms with van der Waals surface area (Å²) in [4.78, 5) is 15.8. The Morgan fingerprint density at radius 1 is 1.18 bits per heavy atom. The smallest absolute Gasteiger partial charge is 0.243 e. The van der Waals surface area contributed by atoms with Gasteiger partial charge in [-0.3, -0.25) is 9.79 Å². The van der Waals surface area contributed by atoms with Gasteiger partial charge in [0, 0.05) is 19.3 Å². The molecule has 22 heavy (non-hydrogen) atoms. The van der Waals surface area contributed by atoms with E-state index in [-0.39, 0.29) is 42.2 Å². The topological polar surface area (TPSA) is 65.5 Å². The first-order valence-corrected chi connectivity index (χ1v) is 7.15. The molecular weight excluding hydrogens is 398 g/mol. The number of halogens is 2. The molecule has 0 aliphatic heterocycles. The molecule has 0 saturated heterocycles. The molecule has 0 spiro atoms. The fourth-order valence-corrected chi connectivity index (χ4v) is 1.70. The third kappa shape index (κ3) is 8.81. The van der Waals surface area contributed by atoms with Crippen molar-refractivity contribution in [2.24, 2.45) is 4.99 Å². The summed E-state index contributed by atoms with van der Waals surface area (Å²) in [6, 6.07) is 5.64. The van der Waals surface area contributed by atoms with Gasteiger partial charge in [-0.1, -0.05) is 19.8 Å². The first-order valence-electron chi connectivity index (χ1n) is 7.15. The zero-order chi connectivity index (χ0) is 15.5. The van der Waals surface area contributed by atoms with Crippen LogP contribution in [0.15, 0.2) is 29.3 Å². The molecule has 0 fully saturated rings. The van der Waals surface area contributed by atoms with Gasteiger partial charge in [0.1, 0.15) is 5.82 Å². The number of guanidine groups is 1. The lowest BCUT2D eigenvalue weighted by Crippen LogP contribution is -2.41. The molecule has 0 radical (unpaired) electrons. The van der Waals surface area contributed by atoms with Crippen molar-refractivity contribution in [1.82, 2.24) is 10.6 Å². The van der Waals surface area contributed by atoms with Crippen LogP contribution >= 0.6 is 24.0 Å². The van der Waals surface area contributed by atoms with E-state index in [2.05, 4.69) is 27.9 Å². The van der Waals surface area contributed by atoms with Gasteiger partial charge in [0.25, 0.3) is 0 Å². The van der Waals surface area contributed by atoms with Crippen molar-refractivity contribution < 1.29 is 9.18 Å². The van der Waals surface area contributed by atoms with Gasteiger partial charge >= 0.3 is 0 Å². The minimum Gasteiger partial charge on any atom is -0.356 e. The first kappa shape index (κ1) is 20.6. The fourth-order valence-electron chi connectivity index (χ4n) is 1.70. The number of carbonyl (C=O) groups excluding carboxylic acids is 1. The normalized spacial score (nSPS) is 10.6. The Hall–Kier alpha value is -1.38. The molecule has 124 valence electrons. The molecule has 7 heteroatoms. The number of nitrogens with zero attached hydrogens (tertiary/aromatic N) is 1. The number of benzene rings is 1. The van der Waals surface area contributed by atoms with Crippen LogP contribution < -0.4 is 16.0 Å². The van der Waals surface area contributed by atoms with Gasteiger partial charge in [-0.05, 0) is 30.7 Å². The second-order valence-electron chi connectivity index (χ2n) is 4.61. The number of hydrogen-bond acceptors (Lipinski definition) is 2. The SMILES string of the molecule is CCCCCNC(=NC)NCC(=O)Nc1ccc(F)cc1.I. The molecule has 3 N–H and O–H groups in total. The predicted molar refractivity (Wildman–Crippen MR) is 99.3 cm³/mol. The summed E-state index contributed by atoms with van der Waals surface area (Å²) in [6.07, 6.45) is 3.39. The zero-order valence-electron chi connectivity index (χ0n) is 13.0. The van der Waals surface area contributed by atoms with Crippen molar-refractivity contribution in [3.63, 3.8) is 0 Å². The third-order valence-corrected chi connectivity index (χ3v) is 2.84. The Kier molecular flexibility index (Phi) is 11.4. The maximum atomic E-state index is 12.7. The Morgan fingerprint density at radius 2 is 1.86 bits per heavy atom. The van der Waals surface area contributed by atoms with Crippen LogP contribution in [0.5, 0.6) is 0 Å². The fraction of sp³-hybridized carbons (Fsp3) is 0.467. The molecule has 1 rings (SSSR count). The molecule has 0 unspecified atom stereocenters. The van der Waals surface area contributed by atoms with Crippen molar-refractivity contribution in [3.8, 4) is 0 Å². The highest BCUT2D eigenvalue weighted by molar-refractivity contribution is 14.0. The van der Waals surface area contributed by atoms with Gasteiger partial charge in [-0.2, -0.15) is 0 Å². The van der Waals surface area contributed by atoms with Gasteiger partial charge in [-0.15, -0.1) is 24.0 Å². The van der Waals surface area contributed by atoms with Crippen molar-refractivity contribution in [3.05, 3.63) is 30.1 Å². The molecule has 0 saturated carbocycles. The van der Waals surface area contributed by atoms with E-state index in [4.69, 9.17) is 0 Å². The highest BCUT2D eigenvalue weighted by Gasteiger charge is 2.04. The Bertz CT molecular complexity index is 465. The quantitative estimate of drug-likeness (QED) is 0.274. The molecule has 1 aromatic carbocycles. The largest absolute Gasteiger partial charge is 0.356 e. The molecule has 0 bridgehead atoms. The number of amides is 1. The number of rotatable bonds is 7. The Labute approximate surface area is 148 Å². The number of unbranched alkanes of at least 4 members (excludes halogenated alkanes) is 2. The van der Waals surface area contributed by atoms with Crippen LogP contribution in [0.2, 0.25) is 0 Å². The number of anilines is 1. The van der Waals surface area contributed by atoms with E-state index in [9.17, 15) is 9.18 Å². The molecule has 0 aliphatic rings. The second-order valence-corrected chi connectivity index (χ2v) is 4.61. The average Bonchev–Trinajstić information content (AvgIpc) is 2.49. The van der Waals surface area contributed by atoms with Crippen molar-refractivity contribution in [1.29, 1.82) is 0 Å². The van der Waals surface area contributed by atoms with Crippen molar-refractivity contribution >= 4 is 41.5 Å². The lowest BCUT2D eigenvalue weighted by atomic mass is 10.2. The standard InChI is InChI=1S/C15H23FN4O.HI/c1-3-4-5-10-18-15(17-2)19-11-14(21)20-13-8-6-12(16)7-9-13;/h6-9H,3-5,10-11H2,1-2H3,(H,20,21)(H2,17,18,19);1H. The molecule has 5 nitrogen and oxygen atoms in total.